The summed E-state index contributed by atoms with van der Waals surface area (Å²) in [6, 6.07) is 14.7. The number of para-hydroxylation sites is 1. The molecule has 30 heavy (non-hydrogen) atoms. The van der Waals surface area contributed by atoms with E-state index in [1.54, 1.807) is 42.4 Å². The molecule has 1 amide bonds. The van der Waals surface area contributed by atoms with E-state index < -0.39 is 0 Å². The second-order valence-electron chi connectivity index (χ2n) is 6.57. The fourth-order valence-corrected chi connectivity index (χ4v) is 4.63. The summed E-state index contributed by atoms with van der Waals surface area (Å²) in [6.45, 7) is 2.76. The second kappa shape index (κ2) is 9.08. The average molecular weight is 457 g/mol. The molecule has 0 unspecified atom stereocenters. The Morgan fingerprint density at radius 2 is 1.77 bits per heavy atom. The zero-order valence-electron chi connectivity index (χ0n) is 16.1. The number of hydrogen-bond donors (Lipinski definition) is 1. The summed E-state index contributed by atoms with van der Waals surface area (Å²) >= 11 is 14.1. The molecule has 8 heteroatoms. The highest BCUT2D eigenvalue weighted by molar-refractivity contribution is 7.99. The van der Waals surface area contributed by atoms with Crippen molar-refractivity contribution in [3.05, 3.63) is 82.4 Å². The second-order valence-corrected chi connectivity index (χ2v) is 8.55. The fourth-order valence-electron chi connectivity index (χ4n) is 3.24. The van der Waals surface area contributed by atoms with Gasteiger partial charge in [0.15, 0.2) is 0 Å². The highest BCUT2D eigenvalue weighted by Crippen LogP contribution is 2.28. The van der Waals surface area contributed by atoms with Crippen molar-refractivity contribution >= 4 is 57.6 Å². The van der Waals surface area contributed by atoms with Crippen LogP contribution in [0.2, 0.25) is 10.0 Å². The number of fused-ring (bicyclic) bond motifs is 1. The number of pyridine rings is 1. The molecule has 2 aromatic heterocycles. The average Bonchev–Trinajstić information content (AvgIpc) is 3.05. The lowest BCUT2D eigenvalue weighted by atomic mass is 10.2. The van der Waals surface area contributed by atoms with Crippen molar-refractivity contribution in [2.75, 3.05) is 11.1 Å². The van der Waals surface area contributed by atoms with E-state index in [-0.39, 0.29) is 11.5 Å². The SMILES string of the molecule is Cc1nc2c(NC(=O)c3c(Cl)cccc3Cl)cccc2n1CCSc1ccncc1. The molecule has 0 saturated heterocycles. The number of halogens is 2. The number of nitrogens with zero attached hydrogens (tertiary/aromatic N) is 3. The van der Waals surface area contributed by atoms with E-state index in [0.29, 0.717) is 15.7 Å². The first-order chi connectivity index (χ1) is 14.5. The zero-order valence-corrected chi connectivity index (χ0v) is 18.4. The van der Waals surface area contributed by atoms with Crippen LogP contribution in [0.4, 0.5) is 5.69 Å². The maximum atomic E-state index is 12.8. The van der Waals surface area contributed by atoms with Gasteiger partial charge in [0.2, 0.25) is 0 Å². The van der Waals surface area contributed by atoms with E-state index in [2.05, 4.69) is 14.9 Å². The minimum atomic E-state index is -0.362. The third-order valence-electron chi connectivity index (χ3n) is 4.64. The van der Waals surface area contributed by atoms with Crippen LogP contribution < -0.4 is 5.32 Å². The third kappa shape index (κ3) is 4.31. The quantitative estimate of drug-likeness (QED) is 0.356. The molecule has 0 aliphatic rings. The van der Waals surface area contributed by atoms with E-state index >= 15 is 0 Å². The summed E-state index contributed by atoms with van der Waals surface area (Å²) in [4.78, 5) is 22.7. The number of amides is 1. The molecule has 0 aliphatic carbocycles. The molecule has 1 N–H and O–H groups in total. The molecule has 0 atom stereocenters. The van der Waals surface area contributed by atoms with Crippen molar-refractivity contribution in [2.24, 2.45) is 0 Å². The van der Waals surface area contributed by atoms with Crippen LogP contribution in [-0.4, -0.2) is 26.2 Å². The van der Waals surface area contributed by atoms with Crippen LogP contribution in [0.3, 0.4) is 0 Å². The number of rotatable bonds is 6. The van der Waals surface area contributed by atoms with E-state index in [1.807, 2.05) is 37.3 Å². The molecule has 2 heterocycles. The van der Waals surface area contributed by atoms with E-state index in [0.717, 1.165) is 29.2 Å². The van der Waals surface area contributed by atoms with Gasteiger partial charge in [0, 0.05) is 29.6 Å². The molecule has 152 valence electrons. The van der Waals surface area contributed by atoms with Gasteiger partial charge >= 0.3 is 0 Å². The van der Waals surface area contributed by atoms with Crippen LogP contribution >= 0.6 is 35.0 Å². The summed E-state index contributed by atoms with van der Waals surface area (Å²) in [7, 11) is 0. The van der Waals surface area contributed by atoms with Gasteiger partial charge in [-0.15, -0.1) is 11.8 Å². The summed E-state index contributed by atoms with van der Waals surface area (Å²) < 4.78 is 2.15. The Morgan fingerprint density at radius 1 is 1.07 bits per heavy atom. The Bertz CT molecular complexity index is 1190. The standard InChI is InChI=1S/C22H18Cl2N4OS/c1-14-26-21-18(27-22(29)20-16(23)4-2-5-17(20)24)6-3-7-19(21)28(14)12-13-30-15-8-10-25-11-9-15/h2-11H,12-13H2,1H3,(H,27,29). The molecule has 4 aromatic rings. The molecule has 2 aromatic carbocycles. The maximum Gasteiger partial charge on any atom is 0.258 e. The van der Waals surface area contributed by atoms with E-state index in [4.69, 9.17) is 28.2 Å². The fraction of sp³-hybridized carbons (Fsp3) is 0.136. The molecule has 0 saturated carbocycles. The molecular formula is C22H18Cl2N4OS. The summed E-state index contributed by atoms with van der Waals surface area (Å²) in [5.74, 6) is 1.42. The van der Waals surface area contributed by atoms with Crippen LogP contribution in [0.25, 0.3) is 11.0 Å². The molecule has 5 nitrogen and oxygen atoms in total. The molecule has 0 bridgehead atoms. The van der Waals surface area contributed by atoms with Crippen molar-refractivity contribution in [3.8, 4) is 0 Å². The number of thioether (sulfide) groups is 1. The van der Waals surface area contributed by atoms with Gasteiger partial charge in [0.25, 0.3) is 5.91 Å². The summed E-state index contributed by atoms with van der Waals surface area (Å²) in [6.07, 6.45) is 3.58. The summed E-state index contributed by atoms with van der Waals surface area (Å²) in [5, 5.41) is 3.52. The van der Waals surface area contributed by atoms with Crippen molar-refractivity contribution < 1.29 is 4.79 Å². The molecule has 0 fully saturated rings. The lowest BCUT2D eigenvalue weighted by Gasteiger charge is -2.10. The molecule has 0 spiro atoms. The minimum absolute atomic E-state index is 0.253. The first-order valence-electron chi connectivity index (χ1n) is 9.28. The Labute approximate surface area is 188 Å². The Hall–Kier alpha value is -2.54. The van der Waals surface area contributed by atoms with Crippen LogP contribution in [0.1, 0.15) is 16.2 Å². The number of anilines is 1. The Kier molecular flexibility index (Phi) is 6.27. The lowest BCUT2D eigenvalue weighted by molar-refractivity contribution is 0.102. The van der Waals surface area contributed by atoms with Crippen molar-refractivity contribution in [1.82, 2.24) is 14.5 Å². The normalized spacial score (nSPS) is 11.0. The number of benzene rings is 2. The molecule has 0 aliphatic heterocycles. The van der Waals surface area contributed by atoms with Crippen molar-refractivity contribution in [3.63, 3.8) is 0 Å². The molecule has 4 rings (SSSR count). The predicted molar refractivity (Wildman–Crippen MR) is 124 cm³/mol. The largest absolute Gasteiger partial charge is 0.327 e. The first-order valence-corrected chi connectivity index (χ1v) is 11.0. The lowest BCUT2D eigenvalue weighted by Crippen LogP contribution is -2.13. The van der Waals surface area contributed by atoms with Gasteiger partial charge in [-0.3, -0.25) is 9.78 Å². The van der Waals surface area contributed by atoms with Gasteiger partial charge in [-0.25, -0.2) is 4.98 Å². The van der Waals surface area contributed by atoms with Crippen molar-refractivity contribution in [1.29, 1.82) is 0 Å². The topological polar surface area (TPSA) is 59.8 Å². The predicted octanol–water partition coefficient (Wildman–Crippen LogP) is 6.09. The van der Waals surface area contributed by atoms with Gasteiger partial charge in [0.1, 0.15) is 11.3 Å². The summed E-state index contributed by atoms with van der Waals surface area (Å²) in [5.41, 5.74) is 2.58. The number of hydrogen-bond acceptors (Lipinski definition) is 4. The van der Waals surface area contributed by atoms with Crippen LogP contribution in [0.15, 0.2) is 65.8 Å². The molecular weight excluding hydrogens is 439 g/mol. The maximum absolute atomic E-state index is 12.8. The van der Waals surface area contributed by atoms with Crippen LogP contribution in [-0.2, 0) is 6.54 Å². The number of carbonyl (C=O) groups excluding carboxylic acids is 1. The number of nitrogens with one attached hydrogen (secondary N) is 1. The highest BCUT2D eigenvalue weighted by atomic mass is 35.5. The minimum Gasteiger partial charge on any atom is -0.327 e. The van der Waals surface area contributed by atoms with Gasteiger partial charge in [-0.05, 0) is 43.3 Å². The zero-order chi connectivity index (χ0) is 21.1. The number of aromatic nitrogens is 3. The number of aryl methyl sites for hydroxylation is 2. The third-order valence-corrected chi connectivity index (χ3v) is 6.26. The monoisotopic (exact) mass is 456 g/mol. The number of carbonyl (C=O) groups is 1. The van der Waals surface area contributed by atoms with E-state index in [1.165, 1.54) is 4.90 Å². The molecule has 0 radical (unpaired) electrons. The van der Waals surface area contributed by atoms with E-state index in [9.17, 15) is 4.79 Å². The Morgan fingerprint density at radius 3 is 2.50 bits per heavy atom. The highest BCUT2D eigenvalue weighted by Gasteiger charge is 2.17. The van der Waals surface area contributed by atoms with Gasteiger partial charge < -0.3 is 9.88 Å². The van der Waals surface area contributed by atoms with Gasteiger partial charge in [-0.2, -0.15) is 0 Å². The van der Waals surface area contributed by atoms with Crippen molar-refractivity contribution in [2.45, 2.75) is 18.4 Å². The smallest absolute Gasteiger partial charge is 0.258 e. The Balaban J connectivity index is 1.57. The van der Waals surface area contributed by atoms with Crippen LogP contribution in [0.5, 0.6) is 0 Å². The first kappa shape index (κ1) is 20.7. The van der Waals surface area contributed by atoms with Gasteiger partial charge in [0.05, 0.1) is 26.8 Å². The van der Waals surface area contributed by atoms with Gasteiger partial charge in [-0.1, -0.05) is 35.3 Å². The van der Waals surface area contributed by atoms with Crippen LogP contribution in [0, 0.1) is 6.92 Å². The number of imidazole rings is 1.